The van der Waals surface area contributed by atoms with E-state index in [1.165, 1.54) is 10.5 Å². The van der Waals surface area contributed by atoms with Crippen molar-refractivity contribution in [3.8, 4) is 0 Å². The lowest BCUT2D eigenvalue weighted by Crippen LogP contribution is -3.07. The molecule has 0 aliphatic heterocycles. The van der Waals surface area contributed by atoms with Crippen molar-refractivity contribution >= 4 is 23.2 Å². The number of likely N-dealkylation sites (N-methyl/N-ethyl adjacent to an activating group) is 1. The van der Waals surface area contributed by atoms with Crippen LogP contribution in [0.4, 0.5) is 11.4 Å². The van der Waals surface area contributed by atoms with Crippen LogP contribution in [-0.4, -0.2) is 46.5 Å². The second-order valence-corrected chi connectivity index (χ2v) is 7.33. The van der Waals surface area contributed by atoms with Crippen molar-refractivity contribution in [2.45, 2.75) is 19.4 Å². The largest absolute Gasteiger partial charge is 0.378 e. The van der Waals surface area contributed by atoms with Crippen molar-refractivity contribution in [3.63, 3.8) is 0 Å². The normalized spacial score (nSPS) is 11.8. The Balaban J connectivity index is 1.96. The molecule has 0 radical (unpaired) electrons. The van der Waals surface area contributed by atoms with Gasteiger partial charge in [-0.15, -0.1) is 0 Å². The summed E-state index contributed by atoms with van der Waals surface area (Å²) in [5, 5.41) is 5.40. The Labute approximate surface area is 167 Å². The first-order valence-electron chi connectivity index (χ1n) is 9.57. The first-order valence-corrected chi connectivity index (χ1v) is 9.57. The van der Waals surface area contributed by atoms with Crippen molar-refractivity contribution < 1.29 is 14.5 Å². The fourth-order valence-electron chi connectivity index (χ4n) is 2.95. The molecule has 0 bridgehead atoms. The number of rotatable bonds is 7. The third-order valence-corrected chi connectivity index (χ3v) is 4.80. The van der Waals surface area contributed by atoms with Gasteiger partial charge in [-0.2, -0.15) is 0 Å². The van der Waals surface area contributed by atoms with Crippen LogP contribution < -0.4 is 20.4 Å². The van der Waals surface area contributed by atoms with Gasteiger partial charge in [0.15, 0.2) is 0 Å². The van der Waals surface area contributed by atoms with Crippen LogP contribution in [0.1, 0.15) is 24.1 Å². The van der Waals surface area contributed by atoms with Crippen LogP contribution in [0.3, 0.4) is 0 Å². The number of hydrogen-bond acceptors (Lipinski definition) is 3. The van der Waals surface area contributed by atoms with E-state index in [1.54, 1.807) is 0 Å². The zero-order valence-corrected chi connectivity index (χ0v) is 17.4. The van der Waals surface area contributed by atoms with Crippen LogP contribution in [0, 0.1) is 0 Å². The molecule has 0 saturated carbocycles. The number of quaternary nitrogens is 1. The Kier molecular flexibility index (Phi) is 7.58. The summed E-state index contributed by atoms with van der Waals surface area (Å²) in [4.78, 5) is 27.6. The molecule has 28 heavy (non-hydrogen) atoms. The van der Waals surface area contributed by atoms with Crippen molar-refractivity contribution in [2.75, 3.05) is 45.0 Å². The van der Waals surface area contributed by atoms with Gasteiger partial charge in [0.1, 0.15) is 6.04 Å². The fraction of sp³-hybridized carbons (Fsp3) is 0.364. The molecular weight excluding hydrogens is 352 g/mol. The van der Waals surface area contributed by atoms with Gasteiger partial charge in [0.25, 0.3) is 0 Å². The maximum atomic E-state index is 12.2. The van der Waals surface area contributed by atoms with E-state index < -0.39 is 11.8 Å². The SMILES string of the molecule is CCc1ccc(NC(=O)C(=O)NC[C@@H](c2ccc(N(C)C)cc2)[NH+](C)C)cc1. The van der Waals surface area contributed by atoms with E-state index in [0.29, 0.717) is 12.2 Å². The number of nitrogens with one attached hydrogen (secondary N) is 3. The Bertz CT molecular complexity index is 783. The van der Waals surface area contributed by atoms with Gasteiger partial charge in [-0.3, -0.25) is 9.59 Å². The number of hydrogen-bond donors (Lipinski definition) is 3. The first kappa shape index (κ1) is 21.4. The highest BCUT2D eigenvalue weighted by molar-refractivity contribution is 6.39. The molecule has 0 aliphatic carbocycles. The van der Waals surface area contributed by atoms with Gasteiger partial charge in [-0.25, -0.2) is 0 Å². The van der Waals surface area contributed by atoms with Gasteiger partial charge in [-0.1, -0.05) is 31.2 Å². The molecule has 0 aliphatic rings. The molecule has 6 heteroatoms. The number of carbonyl (C=O) groups excluding carboxylic acids is 2. The number of aryl methyl sites for hydroxylation is 1. The summed E-state index contributed by atoms with van der Waals surface area (Å²) >= 11 is 0. The highest BCUT2D eigenvalue weighted by atomic mass is 16.2. The highest BCUT2D eigenvalue weighted by Crippen LogP contribution is 2.16. The standard InChI is InChI=1S/C22H30N4O2/c1-6-16-7-11-18(12-8-16)24-22(28)21(27)23-15-20(26(4)5)17-9-13-19(14-10-17)25(2)3/h7-14,20H,6,15H2,1-5H3,(H,23,27)(H,24,28)/p+1/t20-/m0/s1. The van der Waals surface area contributed by atoms with Gasteiger partial charge < -0.3 is 20.4 Å². The molecule has 0 spiro atoms. The molecule has 2 rings (SSSR count). The Morgan fingerprint density at radius 1 is 0.964 bits per heavy atom. The number of nitrogens with zero attached hydrogens (tertiary/aromatic N) is 1. The summed E-state index contributed by atoms with van der Waals surface area (Å²) in [5.74, 6) is -1.28. The maximum absolute atomic E-state index is 12.2. The van der Waals surface area contributed by atoms with E-state index >= 15 is 0 Å². The van der Waals surface area contributed by atoms with Crippen LogP contribution in [0.5, 0.6) is 0 Å². The lowest BCUT2D eigenvalue weighted by Gasteiger charge is -2.23. The number of carbonyl (C=O) groups is 2. The molecule has 0 heterocycles. The Morgan fingerprint density at radius 3 is 2.07 bits per heavy atom. The lowest BCUT2D eigenvalue weighted by atomic mass is 10.1. The topological polar surface area (TPSA) is 65.9 Å². The highest BCUT2D eigenvalue weighted by Gasteiger charge is 2.21. The van der Waals surface area contributed by atoms with Gasteiger partial charge in [-0.05, 0) is 36.2 Å². The molecule has 150 valence electrons. The fourth-order valence-corrected chi connectivity index (χ4v) is 2.95. The van der Waals surface area contributed by atoms with E-state index in [2.05, 4.69) is 41.8 Å². The molecule has 2 aromatic carbocycles. The van der Waals surface area contributed by atoms with Crippen LogP contribution in [-0.2, 0) is 16.0 Å². The van der Waals surface area contributed by atoms with Gasteiger partial charge in [0.05, 0.1) is 20.6 Å². The average Bonchev–Trinajstić information content (AvgIpc) is 2.68. The Hall–Kier alpha value is -2.86. The molecule has 0 fully saturated rings. The number of amides is 2. The predicted octanol–water partition coefficient (Wildman–Crippen LogP) is 1.26. The predicted molar refractivity (Wildman–Crippen MR) is 114 cm³/mol. The third kappa shape index (κ3) is 5.82. The van der Waals surface area contributed by atoms with Crippen molar-refractivity contribution in [1.82, 2.24) is 5.32 Å². The minimum absolute atomic E-state index is 0.0526. The van der Waals surface area contributed by atoms with Gasteiger partial charge in [0, 0.05) is 31.0 Å². The summed E-state index contributed by atoms with van der Waals surface area (Å²) in [5.41, 5.74) is 4.03. The maximum Gasteiger partial charge on any atom is 0.313 e. The summed E-state index contributed by atoms with van der Waals surface area (Å²) < 4.78 is 0. The van der Waals surface area contributed by atoms with E-state index in [0.717, 1.165) is 17.7 Å². The van der Waals surface area contributed by atoms with Gasteiger partial charge >= 0.3 is 11.8 Å². The second kappa shape index (κ2) is 9.90. The third-order valence-electron chi connectivity index (χ3n) is 4.80. The molecule has 0 aromatic heterocycles. The molecule has 6 nitrogen and oxygen atoms in total. The van der Waals surface area contributed by atoms with E-state index in [1.807, 2.05) is 57.4 Å². The number of benzene rings is 2. The minimum Gasteiger partial charge on any atom is -0.378 e. The summed E-state index contributed by atoms with van der Waals surface area (Å²) in [6.45, 7) is 2.45. The van der Waals surface area contributed by atoms with E-state index in [9.17, 15) is 9.59 Å². The molecular formula is C22H31N4O2+. The molecule has 0 saturated heterocycles. The average molecular weight is 384 g/mol. The molecule has 3 N–H and O–H groups in total. The molecule has 1 atom stereocenters. The van der Waals surface area contributed by atoms with Crippen LogP contribution in [0.2, 0.25) is 0 Å². The van der Waals surface area contributed by atoms with Crippen molar-refractivity contribution in [1.29, 1.82) is 0 Å². The zero-order valence-electron chi connectivity index (χ0n) is 17.4. The molecule has 2 aromatic rings. The van der Waals surface area contributed by atoms with Gasteiger partial charge in [0.2, 0.25) is 0 Å². The lowest BCUT2D eigenvalue weighted by molar-refractivity contribution is -0.890. The Morgan fingerprint density at radius 2 is 1.57 bits per heavy atom. The van der Waals surface area contributed by atoms with Crippen LogP contribution in [0.25, 0.3) is 0 Å². The summed E-state index contributed by atoms with van der Waals surface area (Å²) in [6.07, 6.45) is 0.929. The van der Waals surface area contributed by atoms with Crippen LogP contribution >= 0.6 is 0 Å². The van der Waals surface area contributed by atoms with Crippen molar-refractivity contribution in [2.24, 2.45) is 0 Å². The van der Waals surface area contributed by atoms with E-state index in [4.69, 9.17) is 0 Å². The minimum atomic E-state index is -0.653. The summed E-state index contributed by atoms with van der Waals surface area (Å²) in [6, 6.07) is 15.8. The quantitative estimate of drug-likeness (QED) is 0.631. The molecule has 2 amide bonds. The second-order valence-electron chi connectivity index (χ2n) is 7.33. The monoisotopic (exact) mass is 383 g/mol. The van der Waals surface area contributed by atoms with Crippen LogP contribution in [0.15, 0.2) is 48.5 Å². The first-order chi connectivity index (χ1) is 13.3. The molecule has 0 unspecified atom stereocenters. The smallest absolute Gasteiger partial charge is 0.313 e. The number of anilines is 2. The van der Waals surface area contributed by atoms with Crippen molar-refractivity contribution in [3.05, 3.63) is 59.7 Å². The summed E-state index contributed by atoms with van der Waals surface area (Å²) in [7, 11) is 8.06. The zero-order chi connectivity index (χ0) is 20.7. The van der Waals surface area contributed by atoms with E-state index in [-0.39, 0.29) is 6.04 Å².